The number of nitrogens with zero attached hydrogens (tertiary/aromatic N) is 1. The Balaban J connectivity index is 1.91. The molecule has 0 saturated carbocycles. The molecule has 0 aliphatic carbocycles. The summed E-state index contributed by atoms with van der Waals surface area (Å²) in [7, 11) is 5.24. The van der Waals surface area contributed by atoms with Crippen molar-refractivity contribution in [1.29, 1.82) is 0 Å². The van der Waals surface area contributed by atoms with Crippen LogP contribution in [0.2, 0.25) is 0 Å². The van der Waals surface area contributed by atoms with Crippen molar-refractivity contribution in [2.45, 2.75) is 25.1 Å². The molecule has 0 amide bonds. The van der Waals surface area contributed by atoms with E-state index in [4.69, 9.17) is 9.47 Å². The molecule has 0 N–H and O–H groups in total. The van der Waals surface area contributed by atoms with E-state index in [0.717, 1.165) is 36.2 Å². The third-order valence-corrected chi connectivity index (χ3v) is 4.98. The Bertz CT molecular complexity index is 772. The van der Waals surface area contributed by atoms with Crippen molar-refractivity contribution in [1.82, 2.24) is 4.90 Å². The van der Waals surface area contributed by atoms with Crippen LogP contribution in [0.4, 0.5) is 13.2 Å². The maximum absolute atomic E-state index is 12.8. The minimum Gasteiger partial charge on any atom is -0.493 e. The van der Waals surface area contributed by atoms with Crippen molar-refractivity contribution in [3.63, 3.8) is 0 Å². The fraction of sp³-hybridized carbons (Fsp3) is 0.400. The highest BCUT2D eigenvalue weighted by Crippen LogP contribution is 2.39. The van der Waals surface area contributed by atoms with E-state index in [1.165, 1.54) is 5.56 Å². The van der Waals surface area contributed by atoms with Crippen LogP contribution in [0.5, 0.6) is 11.5 Å². The Labute approximate surface area is 151 Å². The summed E-state index contributed by atoms with van der Waals surface area (Å²) >= 11 is 0. The second kappa shape index (κ2) is 7.19. The average molecular weight is 365 g/mol. The lowest BCUT2D eigenvalue weighted by atomic mass is 9.88. The number of methoxy groups -OCH3 is 2. The van der Waals surface area contributed by atoms with Gasteiger partial charge in [-0.25, -0.2) is 0 Å². The predicted molar refractivity (Wildman–Crippen MR) is 93.8 cm³/mol. The first kappa shape index (κ1) is 18.6. The van der Waals surface area contributed by atoms with Crippen LogP contribution in [-0.2, 0) is 19.0 Å². The first-order valence-corrected chi connectivity index (χ1v) is 8.44. The number of hydrogen-bond donors (Lipinski definition) is 0. The van der Waals surface area contributed by atoms with Crippen LogP contribution in [0, 0.1) is 0 Å². The molecular weight excluding hydrogens is 343 g/mol. The lowest BCUT2D eigenvalue weighted by Gasteiger charge is -2.35. The summed E-state index contributed by atoms with van der Waals surface area (Å²) in [6.45, 7) is 0.883. The number of likely N-dealkylation sites (N-methyl/N-ethyl adjacent to an activating group) is 1. The lowest BCUT2D eigenvalue weighted by molar-refractivity contribution is -0.137. The molecule has 0 aromatic heterocycles. The van der Waals surface area contributed by atoms with E-state index in [2.05, 4.69) is 4.90 Å². The molecule has 0 fully saturated rings. The Morgan fingerprint density at radius 1 is 1.04 bits per heavy atom. The maximum Gasteiger partial charge on any atom is 0.416 e. The molecule has 1 heterocycles. The molecule has 1 unspecified atom stereocenters. The molecule has 26 heavy (non-hydrogen) atoms. The van der Waals surface area contributed by atoms with Gasteiger partial charge in [-0.2, -0.15) is 13.2 Å². The smallest absolute Gasteiger partial charge is 0.416 e. The van der Waals surface area contributed by atoms with E-state index >= 15 is 0 Å². The van der Waals surface area contributed by atoms with Gasteiger partial charge >= 0.3 is 6.18 Å². The molecule has 2 aromatic rings. The first-order valence-electron chi connectivity index (χ1n) is 8.44. The zero-order valence-corrected chi connectivity index (χ0v) is 15.1. The number of hydrogen-bond acceptors (Lipinski definition) is 3. The summed E-state index contributed by atoms with van der Waals surface area (Å²) in [6.07, 6.45) is -2.77. The highest BCUT2D eigenvalue weighted by Gasteiger charge is 2.31. The summed E-state index contributed by atoms with van der Waals surface area (Å²) in [5.41, 5.74) is 2.58. The minimum absolute atomic E-state index is 0.0790. The summed E-state index contributed by atoms with van der Waals surface area (Å²) in [4.78, 5) is 2.23. The van der Waals surface area contributed by atoms with Crippen LogP contribution in [0.3, 0.4) is 0 Å². The molecule has 1 aliphatic heterocycles. The number of benzene rings is 2. The fourth-order valence-electron chi connectivity index (χ4n) is 3.47. The molecule has 1 atom stereocenters. The quantitative estimate of drug-likeness (QED) is 0.797. The van der Waals surface area contributed by atoms with Crippen molar-refractivity contribution in [2.24, 2.45) is 0 Å². The molecule has 2 aromatic carbocycles. The van der Waals surface area contributed by atoms with Crippen LogP contribution < -0.4 is 9.47 Å². The minimum atomic E-state index is -4.31. The predicted octanol–water partition coefficient (Wildman–Crippen LogP) is 4.49. The molecule has 0 radical (unpaired) electrons. The number of ether oxygens (including phenoxy) is 2. The fourth-order valence-corrected chi connectivity index (χ4v) is 3.47. The molecule has 0 saturated heterocycles. The van der Waals surface area contributed by atoms with Gasteiger partial charge in [0.25, 0.3) is 0 Å². The van der Waals surface area contributed by atoms with Gasteiger partial charge in [-0.1, -0.05) is 12.1 Å². The van der Waals surface area contributed by atoms with Crippen LogP contribution >= 0.6 is 0 Å². The third kappa shape index (κ3) is 3.65. The van der Waals surface area contributed by atoms with Crippen molar-refractivity contribution in [3.8, 4) is 11.5 Å². The molecule has 3 rings (SSSR count). The van der Waals surface area contributed by atoms with Crippen molar-refractivity contribution in [2.75, 3.05) is 27.8 Å². The molecular formula is C20H22F3NO2. The average Bonchev–Trinajstić information content (AvgIpc) is 2.62. The van der Waals surface area contributed by atoms with E-state index in [1.54, 1.807) is 26.4 Å². The number of alkyl halides is 3. The molecule has 6 heteroatoms. The second-order valence-corrected chi connectivity index (χ2v) is 6.55. The van der Waals surface area contributed by atoms with E-state index < -0.39 is 11.7 Å². The van der Waals surface area contributed by atoms with Gasteiger partial charge in [-0.3, -0.25) is 4.90 Å². The van der Waals surface area contributed by atoms with Crippen molar-refractivity contribution in [3.05, 3.63) is 58.7 Å². The monoisotopic (exact) mass is 365 g/mol. The van der Waals surface area contributed by atoms with Crippen molar-refractivity contribution >= 4 is 0 Å². The molecule has 3 nitrogen and oxygen atoms in total. The Kier molecular flexibility index (Phi) is 5.14. The molecule has 140 valence electrons. The molecule has 0 spiro atoms. The van der Waals surface area contributed by atoms with Gasteiger partial charge in [0.05, 0.1) is 19.8 Å². The maximum atomic E-state index is 12.8. The molecule has 1 aliphatic rings. The summed E-state index contributed by atoms with van der Waals surface area (Å²) in [5.74, 6) is 1.36. The SMILES string of the molecule is COc1cc2c(cc1OC)C(Cc1ccc(C(F)(F)F)cc1)N(C)CC2. The van der Waals surface area contributed by atoms with Gasteiger partial charge in [0, 0.05) is 12.6 Å². The third-order valence-electron chi connectivity index (χ3n) is 4.98. The van der Waals surface area contributed by atoms with Gasteiger partial charge < -0.3 is 9.47 Å². The van der Waals surface area contributed by atoms with E-state index in [9.17, 15) is 13.2 Å². The van der Waals surface area contributed by atoms with E-state index in [1.807, 2.05) is 19.2 Å². The van der Waals surface area contributed by atoms with E-state index in [-0.39, 0.29) is 6.04 Å². The number of fused-ring (bicyclic) bond motifs is 1. The molecule has 0 bridgehead atoms. The van der Waals surface area contributed by atoms with Gasteiger partial charge in [-0.05, 0) is 60.8 Å². The zero-order chi connectivity index (χ0) is 18.9. The van der Waals surface area contributed by atoms with Gasteiger partial charge in [0.2, 0.25) is 0 Å². The highest BCUT2D eigenvalue weighted by molar-refractivity contribution is 5.49. The van der Waals surface area contributed by atoms with E-state index in [0.29, 0.717) is 17.9 Å². The standard InChI is InChI=1S/C20H22F3NO2/c1-24-9-8-14-11-18(25-2)19(26-3)12-16(14)17(24)10-13-4-6-15(7-5-13)20(21,22)23/h4-7,11-12,17H,8-10H2,1-3H3. The summed E-state index contributed by atoms with van der Waals surface area (Å²) in [6, 6.07) is 9.48. The highest BCUT2D eigenvalue weighted by atomic mass is 19.4. The van der Waals surface area contributed by atoms with Crippen molar-refractivity contribution < 1.29 is 22.6 Å². The van der Waals surface area contributed by atoms with Crippen LogP contribution in [-0.4, -0.2) is 32.7 Å². The summed E-state index contributed by atoms with van der Waals surface area (Å²) in [5, 5.41) is 0. The normalized spacial score (nSPS) is 17.7. The van der Waals surface area contributed by atoms with Crippen LogP contribution in [0.25, 0.3) is 0 Å². The van der Waals surface area contributed by atoms with Gasteiger partial charge in [-0.15, -0.1) is 0 Å². The zero-order valence-electron chi connectivity index (χ0n) is 15.1. The largest absolute Gasteiger partial charge is 0.493 e. The summed E-state index contributed by atoms with van der Waals surface area (Å²) < 4.78 is 49.1. The number of rotatable bonds is 4. The Hall–Kier alpha value is -2.21. The van der Waals surface area contributed by atoms with Gasteiger partial charge in [0.15, 0.2) is 11.5 Å². The first-order chi connectivity index (χ1) is 12.3. The topological polar surface area (TPSA) is 21.7 Å². The van der Waals surface area contributed by atoms with Crippen LogP contribution in [0.15, 0.2) is 36.4 Å². The Morgan fingerprint density at radius 2 is 1.65 bits per heavy atom. The van der Waals surface area contributed by atoms with Gasteiger partial charge in [0.1, 0.15) is 0 Å². The number of halogens is 3. The Morgan fingerprint density at radius 3 is 2.23 bits per heavy atom. The second-order valence-electron chi connectivity index (χ2n) is 6.55. The lowest BCUT2D eigenvalue weighted by Crippen LogP contribution is -2.33. The van der Waals surface area contributed by atoms with Crippen LogP contribution in [0.1, 0.15) is 28.3 Å².